The summed E-state index contributed by atoms with van der Waals surface area (Å²) in [4.78, 5) is 28.1. The first-order chi connectivity index (χ1) is 17.8. The second-order valence-electron chi connectivity index (χ2n) is 8.83. The fourth-order valence-electron chi connectivity index (χ4n) is 4.14. The molecule has 0 aliphatic carbocycles. The van der Waals surface area contributed by atoms with Crippen LogP contribution < -0.4 is 5.32 Å². The Kier molecular flexibility index (Phi) is 8.31. The Balaban J connectivity index is 1.67. The average molecular weight is 535 g/mol. The number of carbonyl (C=O) groups is 2. The van der Waals surface area contributed by atoms with Gasteiger partial charge >= 0.3 is 0 Å². The fraction of sp³-hybridized carbons (Fsp3) is 0.207. The minimum absolute atomic E-state index is 0.126. The zero-order valence-corrected chi connectivity index (χ0v) is 22.5. The summed E-state index contributed by atoms with van der Waals surface area (Å²) >= 11 is 12.1. The van der Waals surface area contributed by atoms with Crippen molar-refractivity contribution in [1.82, 2.24) is 14.7 Å². The lowest BCUT2D eigenvalue weighted by Gasteiger charge is -2.22. The zero-order valence-electron chi connectivity index (χ0n) is 21.0. The highest BCUT2D eigenvalue weighted by Crippen LogP contribution is 2.33. The van der Waals surface area contributed by atoms with Gasteiger partial charge in [0.2, 0.25) is 5.91 Å². The summed E-state index contributed by atoms with van der Waals surface area (Å²) in [5, 5.41) is 8.46. The predicted molar refractivity (Wildman–Crippen MR) is 150 cm³/mol. The first-order valence-corrected chi connectivity index (χ1v) is 12.8. The molecular formula is C29H28Cl2N4O2. The number of benzene rings is 3. The van der Waals surface area contributed by atoms with Crippen LogP contribution in [0.15, 0.2) is 72.8 Å². The van der Waals surface area contributed by atoms with E-state index < -0.39 is 0 Å². The molecule has 37 heavy (non-hydrogen) atoms. The first kappa shape index (κ1) is 26.5. The number of carbonyl (C=O) groups excluding carboxylic acids is 2. The van der Waals surface area contributed by atoms with Gasteiger partial charge in [0.05, 0.1) is 21.4 Å². The third-order valence-electron chi connectivity index (χ3n) is 5.94. The van der Waals surface area contributed by atoms with Crippen molar-refractivity contribution < 1.29 is 9.59 Å². The highest BCUT2D eigenvalue weighted by molar-refractivity contribution is 6.42. The lowest BCUT2D eigenvalue weighted by Crippen LogP contribution is -2.38. The number of rotatable bonds is 8. The van der Waals surface area contributed by atoms with Crippen LogP contribution >= 0.6 is 23.2 Å². The first-order valence-electron chi connectivity index (χ1n) is 12.0. The van der Waals surface area contributed by atoms with Gasteiger partial charge in [0.15, 0.2) is 0 Å². The van der Waals surface area contributed by atoms with Crippen LogP contribution in [-0.4, -0.2) is 39.6 Å². The van der Waals surface area contributed by atoms with E-state index in [0.717, 1.165) is 28.1 Å². The molecule has 8 heteroatoms. The van der Waals surface area contributed by atoms with Gasteiger partial charge in [-0.05, 0) is 56.2 Å². The molecule has 1 heterocycles. The summed E-state index contributed by atoms with van der Waals surface area (Å²) in [6.45, 7) is 6.17. The molecule has 0 unspecified atom stereocenters. The van der Waals surface area contributed by atoms with Gasteiger partial charge in [0.25, 0.3) is 5.91 Å². The number of hydrogen-bond acceptors (Lipinski definition) is 3. The summed E-state index contributed by atoms with van der Waals surface area (Å²) in [6.07, 6.45) is 0.690. The Morgan fingerprint density at radius 2 is 1.65 bits per heavy atom. The number of nitrogens with one attached hydrogen (secondary N) is 1. The normalized spacial score (nSPS) is 10.8. The third-order valence-corrected chi connectivity index (χ3v) is 6.68. The van der Waals surface area contributed by atoms with E-state index in [9.17, 15) is 9.59 Å². The number of aryl methyl sites for hydroxylation is 2. The predicted octanol–water partition coefficient (Wildman–Crippen LogP) is 6.95. The number of halogens is 2. The molecule has 0 saturated carbocycles. The van der Waals surface area contributed by atoms with E-state index in [2.05, 4.69) is 5.32 Å². The molecule has 1 aromatic heterocycles. The van der Waals surface area contributed by atoms with Gasteiger partial charge in [-0.15, -0.1) is 0 Å². The topological polar surface area (TPSA) is 67.2 Å². The maximum Gasteiger partial charge on any atom is 0.254 e. The quantitative estimate of drug-likeness (QED) is 0.265. The zero-order chi connectivity index (χ0) is 26.5. The van der Waals surface area contributed by atoms with Crippen molar-refractivity contribution in [3.8, 4) is 16.8 Å². The van der Waals surface area contributed by atoms with E-state index in [-0.39, 0.29) is 18.4 Å². The molecular weight excluding hydrogens is 507 g/mol. The van der Waals surface area contributed by atoms with Crippen LogP contribution in [0.3, 0.4) is 0 Å². The Morgan fingerprint density at radius 3 is 2.30 bits per heavy atom. The van der Waals surface area contributed by atoms with E-state index in [1.807, 2.05) is 75.4 Å². The average Bonchev–Trinajstić information content (AvgIpc) is 3.21. The summed E-state index contributed by atoms with van der Waals surface area (Å²) in [6, 6.07) is 22.4. The Bertz CT molecular complexity index is 1420. The largest absolute Gasteiger partial charge is 0.329 e. The second-order valence-corrected chi connectivity index (χ2v) is 9.64. The van der Waals surface area contributed by atoms with Gasteiger partial charge < -0.3 is 10.2 Å². The van der Waals surface area contributed by atoms with Crippen LogP contribution in [0.1, 0.15) is 35.0 Å². The van der Waals surface area contributed by atoms with Crippen molar-refractivity contribution in [2.45, 2.75) is 27.2 Å². The summed E-state index contributed by atoms with van der Waals surface area (Å²) in [5.41, 5.74) is 4.86. The molecule has 0 spiro atoms. The number of aromatic nitrogens is 2. The molecule has 0 radical (unpaired) electrons. The highest BCUT2D eigenvalue weighted by Gasteiger charge is 2.23. The monoisotopic (exact) mass is 534 g/mol. The summed E-state index contributed by atoms with van der Waals surface area (Å²) < 4.78 is 1.74. The Hall–Kier alpha value is -3.61. The van der Waals surface area contributed by atoms with E-state index in [1.54, 1.807) is 16.8 Å². The standard InChI is InChI=1S/C29H28Cl2N4O2/c1-4-16-34(29(37)22-12-15-24(30)25(31)17-22)18-26(36)32-28-27(21-8-6-5-7-9-21)20(3)33-35(28)23-13-10-19(2)11-14-23/h5-15,17H,4,16,18H2,1-3H3,(H,32,36). The molecule has 3 aromatic carbocycles. The van der Waals surface area contributed by atoms with Gasteiger partial charge in [0.1, 0.15) is 12.4 Å². The lowest BCUT2D eigenvalue weighted by atomic mass is 10.1. The molecule has 0 bridgehead atoms. The maximum absolute atomic E-state index is 13.4. The minimum Gasteiger partial charge on any atom is -0.329 e. The molecule has 0 aliphatic rings. The Morgan fingerprint density at radius 1 is 0.946 bits per heavy atom. The van der Waals surface area contributed by atoms with Crippen molar-refractivity contribution in [3.05, 3.63) is 99.7 Å². The molecule has 0 aliphatic heterocycles. The molecule has 0 saturated heterocycles. The molecule has 1 N–H and O–H groups in total. The number of anilines is 1. The van der Waals surface area contributed by atoms with E-state index in [1.165, 1.54) is 11.0 Å². The van der Waals surface area contributed by atoms with Crippen LogP contribution in [-0.2, 0) is 4.79 Å². The van der Waals surface area contributed by atoms with Crippen LogP contribution in [0.25, 0.3) is 16.8 Å². The SMILES string of the molecule is CCCN(CC(=O)Nc1c(-c2ccccc2)c(C)nn1-c1ccc(C)cc1)C(=O)c1ccc(Cl)c(Cl)c1. The molecule has 0 fully saturated rings. The summed E-state index contributed by atoms with van der Waals surface area (Å²) in [5.74, 6) is -0.0645. The molecule has 4 aromatic rings. The van der Waals surface area contributed by atoms with E-state index >= 15 is 0 Å². The van der Waals surface area contributed by atoms with Crippen LogP contribution in [0.4, 0.5) is 5.82 Å². The number of amides is 2. The number of hydrogen-bond donors (Lipinski definition) is 1. The second kappa shape index (κ2) is 11.6. The van der Waals surface area contributed by atoms with Gasteiger partial charge in [0, 0.05) is 17.7 Å². The van der Waals surface area contributed by atoms with Crippen molar-refractivity contribution in [3.63, 3.8) is 0 Å². The van der Waals surface area contributed by atoms with Gasteiger partial charge in [-0.3, -0.25) is 9.59 Å². The molecule has 2 amide bonds. The highest BCUT2D eigenvalue weighted by atomic mass is 35.5. The van der Waals surface area contributed by atoms with Gasteiger partial charge in [-0.25, -0.2) is 4.68 Å². The van der Waals surface area contributed by atoms with Gasteiger partial charge in [-0.2, -0.15) is 5.10 Å². The fourth-order valence-corrected chi connectivity index (χ4v) is 4.44. The van der Waals surface area contributed by atoms with Crippen LogP contribution in [0, 0.1) is 13.8 Å². The third kappa shape index (κ3) is 6.04. The molecule has 6 nitrogen and oxygen atoms in total. The van der Waals surface area contributed by atoms with Crippen LogP contribution in [0.5, 0.6) is 0 Å². The van der Waals surface area contributed by atoms with Crippen LogP contribution in [0.2, 0.25) is 10.0 Å². The van der Waals surface area contributed by atoms with Crippen molar-refractivity contribution in [1.29, 1.82) is 0 Å². The van der Waals surface area contributed by atoms with Gasteiger partial charge in [-0.1, -0.05) is 78.2 Å². The number of nitrogens with zero attached hydrogens (tertiary/aromatic N) is 3. The van der Waals surface area contributed by atoms with E-state index in [4.69, 9.17) is 28.3 Å². The van der Waals surface area contributed by atoms with Crippen molar-refractivity contribution in [2.24, 2.45) is 0 Å². The van der Waals surface area contributed by atoms with E-state index in [0.29, 0.717) is 34.4 Å². The van der Waals surface area contributed by atoms with Crippen molar-refractivity contribution >= 4 is 40.8 Å². The summed E-state index contributed by atoms with van der Waals surface area (Å²) in [7, 11) is 0. The molecule has 0 atom stereocenters. The Labute approximate surface area is 226 Å². The molecule has 190 valence electrons. The maximum atomic E-state index is 13.4. The van der Waals surface area contributed by atoms with Crippen molar-refractivity contribution in [2.75, 3.05) is 18.4 Å². The minimum atomic E-state index is -0.327. The smallest absolute Gasteiger partial charge is 0.254 e. The molecule has 4 rings (SSSR count). The lowest BCUT2D eigenvalue weighted by molar-refractivity contribution is -0.116.